The minimum absolute atomic E-state index is 0.120. The van der Waals surface area contributed by atoms with E-state index in [1.165, 1.54) is 17.5 Å². The Morgan fingerprint density at radius 1 is 1.42 bits per heavy atom. The third-order valence-electron chi connectivity index (χ3n) is 4.40. The summed E-state index contributed by atoms with van der Waals surface area (Å²) in [7, 11) is 0. The van der Waals surface area contributed by atoms with Crippen molar-refractivity contribution in [2.45, 2.75) is 71.8 Å². The lowest BCUT2D eigenvalue weighted by Crippen LogP contribution is -2.57. The van der Waals surface area contributed by atoms with Crippen LogP contribution >= 0.6 is 0 Å². The fraction of sp³-hybridized carbons (Fsp3) is 0.722. The molecule has 2 heterocycles. The predicted molar refractivity (Wildman–Crippen MR) is 96.0 cm³/mol. The Bertz CT molecular complexity index is 609. The molecule has 146 valence electrons. The number of nitrogens with zero attached hydrogens (tertiary/aromatic N) is 2. The highest BCUT2D eigenvalue weighted by Gasteiger charge is 2.43. The van der Waals surface area contributed by atoms with Crippen LogP contribution in [-0.4, -0.2) is 57.6 Å². The van der Waals surface area contributed by atoms with E-state index >= 15 is 0 Å². The quantitative estimate of drug-likeness (QED) is 0.683. The Morgan fingerprint density at radius 3 is 2.65 bits per heavy atom. The van der Waals surface area contributed by atoms with Crippen molar-refractivity contribution < 1.29 is 19.1 Å². The first-order chi connectivity index (χ1) is 12.1. The van der Waals surface area contributed by atoms with Crippen LogP contribution in [0.2, 0.25) is 0 Å². The van der Waals surface area contributed by atoms with Crippen LogP contribution in [0, 0.1) is 5.41 Å². The lowest BCUT2D eigenvalue weighted by atomic mass is 9.85. The number of rotatable bonds is 6. The molecule has 1 saturated heterocycles. The molecule has 1 aromatic heterocycles. The van der Waals surface area contributed by atoms with Gasteiger partial charge in [-0.15, -0.1) is 0 Å². The van der Waals surface area contributed by atoms with E-state index in [1.54, 1.807) is 0 Å². The molecule has 0 spiro atoms. The smallest absolute Gasteiger partial charge is 0.243 e. The summed E-state index contributed by atoms with van der Waals surface area (Å²) in [6.07, 6.45) is 2.34. The van der Waals surface area contributed by atoms with Crippen molar-refractivity contribution in [2.24, 2.45) is 5.41 Å². The van der Waals surface area contributed by atoms with Crippen LogP contribution in [0.5, 0.6) is 0 Å². The van der Waals surface area contributed by atoms with Gasteiger partial charge in [0.1, 0.15) is 11.8 Å². The number of β-amino-alcohol motifs (C(OH)–C–C–N with tert-alkyl or cyclic N) is 1. The minimum Gasteiger partial charge on any atom is -0.447 e. The van der Waals surface area contributed by atoms with E-state index in [2.05, 4.69) is 15.6 Å². The van der Waals surface area contributed by atoms with Crippen molar-refractivity contribution in [1.29, 1.82) is 0 Å². The number of aliphatic hydroxyl groups is 1. The standard InChI is InChI=1S/C18H30N4O4/c1-11(2)21-15(18(3,4)5)17(25)22-9-12(23)6-14(22)16(24)20-8-13-7-19-10-26-13/h7,10-12,14-15,21,23H,6,8-9H2,1-5H3,(H,20,24)/t12-,14+,15-/m1/s1. The van der Waals surface area contributed by atoms with Crippen LogP contribution in [0.25, 0.3) is 0 Å². The van der Waals surface area contributed by atoms with Crippen LogP contribution < -0.4 is 10.6 Å². The second kappa shape index (κ2) is 8.18. The first kappa shape index (κ1) is 20.4. The Hall–Kier alpha value is -1.93. The van der Waals surface area contributed by atoms with Crippen molar-refractivity contribution in [3.8, 4) is 0 Å². The fourth-order valence-electron chi connectivity index (χ4n) is 3.12. The zero-order chi connectivity index (χ0) is 19.5. The highest BCUT2D eigenvalue weighted by molar-refractivity contribution is 5.91. The maximum Gasteiger partial charge on any atom is 0.243 e. The van der Waals surface area contributed by atoms with Gasteiger partial charge in [0.25, 0.3) is 0 Å². The Balaban J connectivity index is 2.11. The molecule has 0 aliphatic carbocycles. The average molecular weight is 366 g/mol. The van der Waals surface area contributed by atoms with Crippen molar-refractivity contribution in [3.05, 3.63) is 18.4 Å². The zero-order valence-corrected chi connectivity index (χ0v) is 16.2. The number of carbonyl (C=O) groups excluding carboxylic acids is 2. The zero-order valence-electron chi connectivity index (χ0n) is 16.2. The van der Waals surface area contributed by atoms with Gasteiger partial charge in [-0.1, -0.05) is 34.6 Å². The number of likely N-dealkylation sites (tertiary alicyclic amines) is 1. The maximum absolute atomic E-state index is 13.2. The molecule has 8 nitrogen and oxygen atoms in total. The highest BCUT2D eigenvalue weighted by atomic mass is 16.3. The highest BCUT2D eigenvalue weighted by Crippen LogP contribution is 2.26. The van der Waals surface area contributed by atoms with Crippen LogP contribution in [0.4, 0.5) is 0 Å². The first-order valence-electron chi connectivity index (χ1n) is 8.99. The minimum atomic E-state index is -0.709. The molecule has 1 aromatic rings. The summed E-state index contributed by atoms with van der Waals surface area (Å²) in [5.74, 6) is 0.0647. The molecular formula is C18H30N4O4. The number of amides is 2. The molecule has 8 heteroatoms. The van der Waals surface area contributed by atoms with Crippen LogP contribution in [0.1, 0.15) is 46.8 Å². The van der Waals surface area contributed by atoms with E-state index in [1.807, 2.05) is 34.6 Å². The largest absolute Gasteiger partial charge is 0.447 e. The molecule has 26 heavy (non-hydrogen) atoms. The summed E-state index contributed by atoms with van der Waals surface area (Å²) in [5.41, 5.74) is -0.324. The van der Waals surface area contributed by atoms with E-state index in [0.717, 1.165) is 0 Å². The van der Waals surface area contributed by atoms with Gasteiger partial charge in [0.05, 0.1) is 24.9 Å². The van der Waals surface area contributed by atoms with Crippen LogP contribution in [0.15, 0.2) is 17.0 Å². The Kier molecular flexibility index (Phi) is 6.41. The topological polar surface area (TPSA) is 108 Å². The van der Waals surface area contributed by atoms with Crippen LogP contribution in [-0.2, 0) is 16.1 Å². The number of carbonyl (C=O) groups is 2. The molecule has 1 aliphatic rings. The van der Waals surface area contributed by atoms with E-state index < -0.39 is 18.2 Å². The lowest BCUT2D eigenvalue weighted by molar-refractivity contribution is -0.142. The molecular weight excluding hydrogens is 336 g/mol. The maximum atomic E-state index is 13.2. The summed E-state index contributed by atoms with van der Waals surface area (Å²) in [6, 6.07) is -1.02. The van der Waals surface area contributed by atoms with Gasteiger partial charge in [0.2, 0.25) is 11.8 Å². The molecule has 3 N–H and O–H groups in total. The van der Waals surface area contributed by atoms with Gasteiger partial charge < -0.3 is 25.1 Å². The lowest BCUT2D eigenvalue weighted by Gasteiger charge is -2.36. The van der Waals surface area contributed by atoms with Crippen molar-refractivity contribution in [2.75, 3.05) is 6.54 Å². The molecule has 2 amide bonds. The van der Waals surface area contributed by atoms with E-state index in [0.29, 0.717) is 5.76 Å². The van der Waals surface area contributed by atoms with E-state index in [4.69, 9.17) is 4.42 Å². The molecule has 3 atom stereocenters. The third-order valence-corrected chi connectivity index (χ3v) is 4.40. The van der Waals surface area contributed by atoms with Gasteiger partial charge in [-0.05, 0) is 5.41 Å². The molecule has 0 aromatic carbocycles. The number of hydrogen-bond donors (Lipinski definition) is 3. The predicted octanol–water partition coefficient (Wildman–Crippen LogP) is 0.665. The second-order valence-electron chi connectivity index (χ2n) is 8.20. The summed E-state index contributed by atoms with van der Waals surface area (Å²) in [5, 5.41) is 16.1. The molecule has 0 saturated carbocycles. The normalized spacial score (nSPS) is 21.9. The number of aliphatic hydroxyl groups excluding tert-OH is 1. The Labute approximate surface area is 154 Å². The van der Waals surface area contributed by atoms with Crippen molar-refractivity contribution in [1.82, 2.24) is 20.5 Å². The van der Waals surface area contributed by atoms with Gasteiger partial charge in [-0.2, -0.15) is 0 Å². The third kappa shape index (κ3) is 5.04. The van der Waals surface area contributed by atoms with Crippen molar-refractivity contribution in [3.63, 3.8) is 0 Å². The summed E-state index contributed by atoms with van der Waals surface area (Å²) in [4.78, 5) is 31.1. The Morgan fingerprint density at radius 2 is 2.12 bits per heavy atom. The van der Waals surface area contributed by atoms with Crippen molar-refractivity contribution >= 4 is 11.8 Å². The SMILES string of the molecule is CC(C)N[C@H](C(=O)N1C[C@H](O)C[C@H]1C(=O)NCc1cnco1)C(C)(C)C. The average Bonchev–Trinajstić information content (AvgIpc) is 3.17. The fourth-order valence-corrected chi connectivity index (χ4v) is 3.12. The molecule has 0 bridgehead atoms. The molecule has 1 fully saturated rings. The summed E-state index contributed by atoms with van der Waals surface area (Å²) >= 11 is 0. The van der Waals surface area contributed by atoms with Gasteiger partial charge in [0, 0.05) is 19.0 Å². The molecule has 2 rings (SSSR count). The molecule has 0 radical (unpaired) electrons. The number of hydrogen-bond acceptors (Lipinski definition) is 6. The van der Waals surface area contributed by atoms with E-state index in [9.17, 15) is 14.7 Å². The second-order valence-corrected chi connectivity index (χ2v) is 8.20. The molecule has 1 aliphatic heterocycles. The first-order valence-corrected chi connectivity index (χ1v) is 8.99. The van der Waals surface area contributed by atoms with Gasteiger partial charge >= 0.3 is 0 Å². The number of aromatic nitrogens is 1. The number of oxazole rings is 1. The van der Waals surface area contributed by atoms with E-state index in [-0.39, 0.29) is 42.8 Å². The van der Waals surface area contributed by atoms with Gasteiger partial charge in [-0.3, -0.25) is 9.59 Å². The monoisotopic (exact) mass is 366 g/mol. The summed E-state index contributed by atoms with van der Waals surface area (Å²) in [6.45, 7) is 10.3. The molecule has 0 unspecified atom stereocenters. The van der Waals surface area contributed by atoms with Gasteiger partial charge in [0.15, 0.2) is 6.39 Å². The van der Waals surface area contributed by atoms with Gasteiger partial charge in [-0.25, -0.2) is 4.98 Å². The van der Waals surface area contributed by atoms with Crippen LogP contribution in [0.3, 0.4) is 0 Å². The summed E-state index contributed by atoms with van der Waals surface area (Å²) < 4.78 is 5.10. The number of nitrogens with one attached hydrogen (secondary N) is 2.